The third-order valence-electron chi connectivity index (χ3n) is 4.66. The van der Waals surface area contributed by atoms with Crippen LogP contribution in [-0.2, 0) is 15.1 Å². The zero-order valence-electron chi connectivity index (χ0n) is 15.2. The van der Waals surface area contributed by atoms with E-state index in [1.165, 1.54) is 0 Å². The number of carbonyl (C=O) groups excluding carboxylic acids is 3. The van der Waals surface area contributed by atoms with Gasteiger partial charge in [0.1, 0.15) is 0 Å². The van der Waals surface area contributed by atoms with Crippen molar-refractivity contribution in [3.8, 4) is 0 Å². The summed E-state index contributed by atoms with van der Waals surface area (Å²) in [6, 6.07) is 14.8. The van der Waals surface area contributed by atoms with E-state index in [4.69, 9.17) is 4.74 Å². The minimum absolute atomic E-state index is 0.142. The van der Waals surface area contributed by atoms with Crippen molar-refractivity contribution >= 4 is 17.5 Å². The molecule has 0 aliphatic heterocycles. The van der Waals surface area contributed by atoms with Crippen LogP contribution in [0.3, 0.4) is 0 Å². The van der Waals surface area contributed by atoms with Crippen molar-refractivity contribution in [1.29, 1.82) is 0 Å². The summed E-state index contributed by atoms with van der Waals surface area (Å²) in [5.74, 6) is -1.29. The first-order valence-electron chi connectivity index (χ1n) is 8.84. The van der Waals surface area contributed by atoms with Crippen LogP contribution in [0, 0.1) is 6.07 Å². The van der Waals surface area contributed by atoms with Gasteiger partial charge in [-0.15, -0.1) is 0 Å². The number of hydrogen-bond donors (Lipinski definition) is 0. The fraction of sp³-hybridized carbons (Fsp3) is 0.318. The largest absolute Gasteiger partial charge is 0.437 e. The van der Waals surface area contributed by atoms with Gasteiger partial charge in [-0.1, -0.05) is 63.2 Å². The molecule has 0 heterocycles. The van der Waals surface area contributed by atoms with Gasteiger partial charge < -0.3 is 4.74 Å². The third-order valence-corrected chi connectivity index (χ3v) is 4.66. The predicted octanol–water partition coefficient (Wildman–Crippen LogP) is 4.23. The zero-order valence-corrected chi connectivity index (χ0v) is 15.2. The lowest BCUT2D eigenvalue weighted by molar-refractivity contribution is -0.152. The van der Waals surface area contributed by atoms with E-state index in [9.17, 15) is 14.4 Å². The Kier molecular flexibility index (Phi) is 4.77. The molecule has 0 fully saturated rings. The molecule has 0 unspecified atom stereocenters. The standard InChI is InChI=1S/C22H21O4/c1-4-7-19(23)26-22(16-12-10-15(11-13-16)14(2)3)20(24)17-8-5-6-9-18(17)21(22)25/h5-6,8-12,14H,4,7H2,1-3H3. The Labute approximate surface area is 153 Å². The Bertz CT molecular complexity index is 827. The molecule has 1 radical (unpaired) electrons. The van der Waals surface area contributed by atoms with E-state index in [2.05, 4.69) is 6.07 Å². The number of Topliss-reactive ketones (excluding diaryl/α,β-unsaturated/α-hetero) is 2. The van der Waals surface area contributed by atoms with Gasteiger partial charge in [0.15, 0.2) is 0 Å². The summed E-state index contributed by atoms with van der Waals surface area (Å²) in [6.07, 6.45) is 0.711. The van der Waals surface area contributed by atoms with E-state index in [1.54, 1.807) is 36.4 Å². The number of ketones is 2. The summed E-state index contributed by atoms with van der Waals surface area (Å²) >= 11 is 0. The molecule has 0 spiro atoms. The molecule has 1 aliphatic rings. The first kappa shape index (κ1) is 18.1. The van der Waals surface area contributed by atoms with E-state index < -0.39 is 23.1 Å². The molecule has 0 aromatic heterocycles. The van der Waals surface area contributed by atoms with Gasteiger partial charge in [-0.2, -0.15) is 0 Å². The van der Waals surface area contributed by atoms with Crippen LogP contribution in [0.2, 0.25) is 0 Å². The van der Waals surface area contributed by atoms with Crippen molar-refractivity contribution in [2.45, 2.75) is 45.1 Å². The molecule has 2 aromatic rings. The van der Waals surface area contributed by atoms with Crippen molar-refractivity contribution in [2.75, 3.05) is 0 Å². The average Bonchev–Trinajstić information content (AvgIpc) is 2.85. The van der Waals surface area contributed by atoms with E-state index in [0.29, 0.717) is 6.42 Å². The van der Waals surface area contributed by atoms with Crippen LogP contribution < -0.4 is 0 Å². The monoisotopic (exact) mass is 349 g/mol. The van der Waals surface area contributed by atoms with Crippen LogP contribution >= 0.6 is 0 Å². The Morgan fingerprint density at radius 1 is 1.08 bits per heavy atom. The smallest absolute Gasteiger partial charge is 0.307 e. The molecule has 0 N–H and O–H groups in total. The summed E-state index contributed by atoms with van der Waals surface area (Å²) in [5.41, 5.74) is -0.103. The number of rotatable bonds is 5. The van der Waals surface area contributed by atoms with Crippen molar-refractivity contribution < 1.29 is 19.1 Å². The molecule has 133 valence electrons. The van der Waals surface area contributed by atoms with E-state index in [0.717, 1.165) is 5.56 Å². The van der Waals surface area contributed by atoms with Gasteiger partial charge in [0, 0.05) is 23.1 Å². The fourth-order valence-corrected chi connectivity index (χ4v) is 3.19. The minimum Gasteiger partial charge on any atom is -0.437 e. The maximum atomic E-state index is 13.2. The Hall–Kier alpha value is -2.75. The second kappa shape index (κ2) is 6.87. The van der Waals surface area contributed by atoms with Crippen LogP contribution in [0.15, 0.2) is 42.5 Å². The number of fused-ring (bicyclic) bond motifs is 1. The zero-order chi connectivity index (χ0) is 18.9. The topological polar surface area (TPSA) is 60.4 Å². The first-order valence-corrected chi connectivity index (χ1v) is 8.84. The third kappa shape index (κ3) is 2.75. The highest BCUT2D eigenvalue weighted by atomic mass is 16.6. The maximum Gasteiger partial charge on any atom is 0.307 e. The summed E-state index contributed by atoms with van der Waals surface area (Å²) in [6.45, 7) is 5.92. The quantitative estimate of drug-likeness (QED) is 0.599. The normalized spacial score (nSPS) is 15.2. The van der Waals surface area contributed by atoms with Crippen LogP contribution in [0.25, 0.3) is 0 Å². The minimum atomic E-state index is -1.97. The van der Waals surface area contributed by atoms with E-state index in [-0.39, 0.29) is 29.0 Å². The molecule has 26 heavy (non-hydrogen) atoms. The molecule has 0 amide bonds. The van der Waals surface area contributed by atoms with Gasteiger partial charge in [0.05, 0.1) is 0 Å². The lowest BCUT2D eigenvalue weighted by Crippen LogP contribution is -2.43. The summed E-state index contributed by atoms with van der Waals surface area (Å²) in [7, 11) is 0. The number of carbonyl (C=O) groups is 3. The second-order valence-electron chi connectivity index (χ2n) is 6.80. The van der Waals surface area contributed by atoms with Crippen LogP contribution in [0.1, 0.15) is 71.4 Å². The fourth-order valence-electron chi connectivity index (χ4n) is 3.19. The number of esters is 1. The van der Waals surface area contributed by atoms with Crippen LogP contribution in [0.5, 0.6) is 0 Å². The number of hydrogen-bond acceptors (Lipinski definition) is 4. The lowest BCUT2D eigenvalue weighted by Gasteiger charge is -2.26. The Morgan fingerprint density at radius 2 is 1.69 bits per heavy atom. The first-order chi connectivity index (χ1) is 12.4. The molecule has 0 saturated carbocycles. The van der Waals surface area contributed by atoms with Crippen molar-refractivity contribution in [3.05, 3.63) is 70.8 Å². The van der Waals surface area contributed by atoms with E-state index in [1.807, 2.05) is 26.8 Å². The molecule has 0 bridgehead atoms. The molecule has 1 aliphatic carbocycles. The number of benzene rings is 2. The molecular formula is C22H21O4. The average molecular weight is 349 g/mol. The molecule has 0 atom stereocenters. The summed E-state index contributed by atoms with van der Waals surface area (Å²) in [4.78, 5) is 38.6. The van der Waals surface area contributed by atoms with Crippen molar-refractivity contribution in [1.82, 2.24) is 0 Å². The molecule has 4 heteroatoms. The van der Waals surface area contributed by atoms with Gasteiger partial charge in [0.25, 0.3) is 5.60 Å². The van der Waals surface area contributed by atoms with E-state index >= 15 is 0 Å². The lowest BCUT2D eigenvalue weighted by atomic mass is 9.87. The Morgan fingerprint density at radius 3 is 2.15 bits per heavy atom. The molecule has 4 nitrogen and oxygen atoms in total. The summed E-state index contributed by atoms with van der Waals surface area (Å²) in [5, 5.41) is 0. The maximum absolute atomic E-state index is 13.2. The molecular weight excluding hydrogens is 328 g/mol. The van der Waals surface area contributed by atoms with Crippen molar-refractivity contribution in [3.63, 3.8) is 0 Å². The van der Waals surface area contributed by atoms with Gasteiger partial charge in [0.2, 0.25) is 11.6 Å². The highest BCUT2D eigenvalue weighted by molar-refractivity contribution is 6.32. The van der Waals surface area contributed by atoms with Gasteiger partial charge >= 0.3 is 5.97 Å². The summed E-state index contributed by atoms with van der Waals surface area (Å²) < 4.78 is 5.56. The van der Waals surface area contributed by atoms with Gasteiger partial charge in [-0.05, 0) is 24.0 Å². The molecule has 2 aromatic carbocycles. The predicted molar refractivity (Wildman–Crippen MR) is 97.1 cm³/mol. The van der Waals surface area contributed by atoms with Crippen LogP contribution in [0.4, 0.5) is 0 Å². The highest BCUT2D eigenvalue weighted by Crippen LogP contribution is 2.41. The Balaban J connectivity index is 2.14. The molecule has 3 rings (SSSR count). The van der Waals surface area contributed by atoms with Crippen LogP contribution in [-0.4, -0.2) is 17.5 Å². The highest BCUT2D eigenvalue weighted by Gasteiger charge is 2.57. The van der Waals surface area contributed by atoms with Gasteiger partial charge in [-0.25, -0.2) is 0 Å². The SMILES string of the molecule is CCCC(=O)OC1(c2[c]cc(C(C)C)cc2)C(=O)c2ccccc2C1=O. The molecule has 0 saturated heterocycles. The van der Waals surface area contributed by atoms with Gasteiger partial charge in [-0.3, -0.25) is 14.4 Å². The number of ether oxygens (including phenoxy) is 1. The van der Waals surface area contributed by atoms with Crippen molar-refractivity contribution in [2.24, 2.45) is 0 Å². The second-order valence-corrected chi connectivity index (χ2v) is 6.80.